The highest BCUT2D eigenvalue weighted by Crippen LogP contribution is 2.32. The van der Waals surface area contributed by atoms with Crippen LogP contribution in [0.4, 0.5) is 11.5 Å². The van der Waals surface area contributed by atoms with Crippen molar-refractivity contribution in [1.29, 1.82) is 0 Å². The van der Waals surface area contributed by atoms with Gasteiger partial charge in [0.1, 0.15) is 0 Å². The van der Waals surface area contributed by atoms with Crippen LogP contribution in [0.5, 0.6) is 0 Å². The molecule has 1 aliphatic rings. The van der Waals surface area contributed by atoms with E-state index in [1.807, 2.05) is 25.1 Å². The predicted octanol–water partition coefficient (Wildman–Crippen LogP) is 3.04. The van der Waals surface area contributed by atoms with E-state index in [4.69, 9.17) is 5.73 Å². The number of nitrogens with two attached hydrogens (primary N) is 1. The van der Waals surface area contributed by atoms with Crippen molar-refractivity contribution in [1.82, 2.24) is 10.2 Å². The molecule has 104 valence electrons. The number of hydrogen-bond donors (Lipinski definition) is 1. The van der Waals surface area contributed by atoms with Crippen molar-refractivity contribution in [3.8, 4) is 0 Å². The molecular weight excluding hydrogens is 260 g/mol. The molecule has 2 aromatic carbocycles. The van der Waals surface area contributed by atoms with Crippen molar-refractivity contribution in [3.05, 3.63) is 59.3 Å². The van der Waals surface area contributed by atoms with Crippen LogP contribution < -0.4 is 10.6 Å². The number of fused-ring (bicyclic) bond motifs is 2. The molecule has 2 N–H and O–H groups in total. The van der Waals surface area contributed by atoms with E-state index in [0.29, 0.717) is 0 Å². The van der Waals surface area contributed by atoms with Crippen LogP contribution in [0.25, 0.3) is 10.8 Å². The lowest BCUT2D eigenvalue weighted by atomic mass is 10.1. The Bertz CT molecular complexity index is 841. The van der Waals surface area contributed by atoms with Gasteiger partial charge in [0.15, 0.2) is 5.82 Å². The molecule has 1 aromatic heterocycles. The topological polar surface area (TPSA) is 55.0 Å². The minimum Gasteiger partial charge on any atom is -0.399 e. The molecule has 0 atom stereocenters. The first-order chi connectivity index (χ1) is 10.2. The lowest BCUT2D eigenvalue weighted by molar-refractivity contribution is 0.834. The van der Waals surface area contributed by atoms with Gasteiger partial charge in [-0.05, 0) is 30.2 Å². The number of benzene rings is 2. The van der Waals surface area contributed by atoms with Crippen molar-refractivity contribution >= 4 is 22.3 Å². The zero-order chi connectivity index (χ0) is 14.4. The summed E-state index contributed by atoms with van der Waals surface area (Å²) >= 11 is 0. The molecule has 4 nitrogen and oxygen atoms in total. The van der Waals surface area contributed by atoms with Crippen molar-refractivity contribution in [2.24, 2.45) is 0 Å². The lowest BCUT2D eigenvalue weighted by Gasteiger charge is -2.18. The maximum absolute atomic E-state index is 5.88. The molecule has 3 aromatic rings. The molecule has 0 amide bonds. The molecule has 0 fully saturated rings. The van der Waals surface area contributed by atoms with Crippen LogP contribution in [0.2, 0.25) is 0 Å². The van der Waals surface area contributed by atoms with Crippen LogP contribution in [0.1, 0.15) is 16.8 Å². The van der Waals surface area contributed by atoms with Crippen molar-refractivity contribution in [3.63, 3.8) is 0 Å². The molecular formula is C17H16N4. The molecule has 4 rings (SSSR count). The number of nitrogen functional groups attached to an aromatic ring is 1. The predicted molar refractivity (Wildman–Crippen MR) is 85.0 cm³/mol. The van der Waals surface area contributed by atoms with E-state index < -0.39 is 0 Å². The largest absolute Gasteiger partial charge is 0.399 e. The summed E-state index contributed by atoms with van der Waals surface area (Å²) in [6.07, 6.45) is 0. The summed E-state index contributed by atoms with van der Waals surface area (Å²) in [6, 6.07) is 14.4. The summed E-state index contributed by atoms with van der Waals surface area (Å²) in [5, 5.41) is 11.1. The third-order valence-corrected chi connectivity index (χ3v) is 4.10. The molecule has 0 saturated carbocycles. The number of rotatable bonds is 1. The third-order valence-electron chi connectivity index (χ3n) is 4.10. The second kappa shape index (κ2) is 4.45. The van der Waals surface area contributed by atoms with E-state index in [9.17, 15) is 0 Å². The average molecular weight is 276 g/mol. The highest BCUT2D eigenvalue weighted by Gasteiger charge is 2.22. The second-order valence-corrected chi connectivity index (χ2v) is 5.54. The summed E-state index contributed by atoms with van der Waals surface area (Å²) in [4.78, 5) is 2.26. The van der Waals surface area contributed by atoms with Gasteiger partial charge >= 0.3 is 0 Å². The summed E-state index contributed by atoms with van der Waals surface area (Å²) in [7, 11) is 0. The van der Waals surface area contributed by atoms with Crippen LogP contribution >= 0.6 is 0 Å². The van der Waals surface area contributed by atoms with Gasteiger partial charge in [0, 0.05) is 29.5 Å². The van der Waals surface area contributed by atoms with Gasteiger partial charge in [0.25, 0.3) is 0 Å². The Kier molecular flexibility index (Phi) is 2.57. The van der Waals surface area contributed by atoms with Crippen LogP contribution in [-0.2, 0) is 13.1 Å². The van der Waals surface area contributed by atoms with Gasteiger partial charge in [-0.3, -0.25) is 0 Å². The van der Waals surface area contributed by atoms with Gasteiger partial charge in [-0.15, -0.1) is 5.10 Å². The van der Waals surface area contributed by atoms with Crippen LogP contribution in [0, 0.1) is 6.92 Å². The zero-order valence-electron chi connectivity index (χ0n) is 11.9. The number of aromatic nitrogens is 2. The van der Waals surface area contributed by atoms with Gasteiger partial charge in [0.2, 0.25) is 0 Å². The van der Waals surface area contributed by atoms with Gasteiger partial charge in [0.05, 0.1) is 5.69 Å². The average Bonchev–Trinajstić information content (AvgIpc) is 2.90. The zero-order valence-corrected chi connectivity index (χ0v) is 11.9. The van der Waals surface area contributed by atoms with Gasteiger partial charge in [-0.25, -0.2) is 0 Å². The molecule has 0 spiro atoms. The quantitative estimate of drug-likeness (QED) is 0.694. The maximum atomic E-state index is 5.88. The fraction of sp³-hybridized carbons (Fsp3) is 0.176. The Hall–Kier alpha value is -2.62. The lowest BCUT2D eigenvalue weighted by Crippen LogP contribution is -2.17. The van der Waals surface area contributed by atoms with E-state index in [-0.39, 0.29) is 0 Å². The maximum Gasteiger partial charge on any atom is 0.159 e. The van der Waals surface area contributed by atoms with Crippen molar-refractivity contribution in [2.75, 3.05) is 10.6 Å². The smallest absolute Gasteiger partial charge is 0.159 e. The molecule has 0 aliphatic carbocycles. The second-order valence-electron chi connectivity index (χ2n) is 5.54. The Morgan fingerprint density at radius 2 is 1.71 bits per heavy atom. The summed E-state index contributed by atoms with van der Waals surface area (Å²) < 4.78 is 0. The van der Waals surface area contributed by atoms with E-state index in [1.165, 1.54) is 11.1 Å². The standard InChI is InChI=1S/C17H16N4/c1-11-15-4-2-3-5-16(15)17(20-19-11)21-9-12-6-7-14(18)8-13(12)10-21/h2-8H,9-10,18H2,1H3. The monoisotopic (exact) mass is 276 g/mol. The summed E-state index contributed by atoms with van der Waals surface area (Å²) in [5.74, 6) is 0.950. The van der Waals surface area contributed by atoms with E-state index in [0.717, 1.165) is 41.1 Å². The Morgan fingerprint density at radius 3 is 2.57 bits per heavy atom. The summed E-state index contributed by atoms with van der Waals surface area (Å²) in [6.45, 7) is 3.69. The first-order valence-electron chi connectivity index (χ1n) is 7.06. The SMILES string of the molecule is Cc1nnc(N2Cc3ccc(N)cc3C2)c2ccccc12. The minimum atomic E-state index is 0.815. The number of anilines is 2. The molecule has 0 radical (unpaired) electrons. The van der Waals surface area contributed by atoms with Crippen molar-refractivity contribution < 1.29 is 0 Å². The molecule has 21 heavy (non-hydrogen) atoms. The van der Waals surface area contributed by atoms with E-state index in [1.54, 1.807) is 0 Å². The van der Waals surface area contributed by atoms with E-state index in [2.05, 4.69) is 39.4 Å². The fourth-order valence-corrected chi connectivity index (χ4v) is 3.02. The number of nitrogens with zero attached hydrogens (tertiary/aromatic N) is 3. The first-order valence-corrected chi connectivity index (χ1v) is 7.06. The summed E-state index contributed by atoms with van der Waals surface area (Å²) in [5.41, 5.74) is 10.3. The number of hydrogen-bond acceptors (Lipinski definition) is 4. The normalized spacial score (nSPS) is 13.7. The van der Waals surface area contributed by atoms with Crippen LogP contribution in [0.3, 0.4) is 0 Å². The van der Waals surface area contributed by atoms with Crippen molar-refractivity contribution in [2.45, 2.75) is 20.0 Å². The Labute approximate surface area is 123 Å². The molecule has 0 unspecified atom stereocenters. The molecule has 0 bridgehead atoms. The minimum absolute atomic E-state index is 0.815. The van der Waals surface area contributed by atoms with Crippen LogP contribution in [-0.4, -0.2) is 10.2 Å². The number of aryl methyl sites for hydroxylation is 1. The third kappa shape index (κ3) is 1.91. The molecule has 2 heterocycles. The molecule has 0 saturated heterocycles. The van der Waals surface area contributed by atoms with Gasteiger partial charge in [-0.2, -0.15) is 5.10 Å². The highest BCUT2D eigenvalue weighted by molar-refractivity contribution is 5.93. The van der Waals surface area contributed by atoms with Gasteiger partial charge in [-0.1, -0.05) is 30.3 Å². The molecule has 4 heteroatoms. The first kappa shape index (κ1) is 12.1. The Morgan fingerprint density at radius 1 is 0.952 bits per heavy atom. The fourth-order valence-electron chi connectivity index (χ4n) is 3.02. The van der Waals surface area contributed by atoms with Crippen LogP contribution in [0.15, 0.2) is 42.5 Å². The Balaban J connectivity index is 1.81. The molecule has 1 aliphatic heterocycles. The van der Waals surface area contributed by atoms with E-state index >= 15 is 0 Å². The van der Waals surface area contributed by atoms with Gasteiger partial charge < -0.3 is 10.6 Å². The highest BCUT2D eigenvalue weighted by atomic mass is 15.3.